The maximum atomic E-state index is 12.2. The first kappa shape index (κ1) is 11.4. The van der Waals surface area contributed by atoms with E-state index in [-0.39, 0.29) is 5.91 Å². The fourth-order valence-corrected chi connectivity index (χ4v) is 2.02. The number of hydrogen-bond donors (Lipinski definition) is 0. The Hall–Kier alpha value is -1.06. The first-order chi connectivity index (χ1) is 7.83. The van der Waals surface area contributed by atoms with Crippen molar-refractivity contribution in [3.8, 4) is 0 Å². The van der Waals surface area contributed by atoms with Gasteiger partial charge in [0.1, 0.15) is 0 Å². The monoisotopic (exact) mass is 239 g/mol. The molecule has 0 radical (unpaired) electrons. The first-order valence-corrected chi connectivity index (χ1v) is 5.87. The number of amides is 1. The van der Waals surface area contributed by atoms with Crippen molar-refractivity contribution in [1.29, 1.82) is 0 Å². The number of morpholine rings is 1. The molecule has 1 saturated heterocycles. The molecule has 0 spiro atoms. The minimum absolute atomic E-state index is 0.0551. The molecule has 86 valence electrons. The number of halogens is 1. The van der Waals surface area contributed by atoms with E-state index in [2.05, 4.69) is 0 Å². The van der Waals surface area contributed by atoms with E-state index in [0.29, 0.717) is 37.7 Å². The fraction of sp³-hybridized carbons (Fsp3) is 0.417. The highest BCUT2D eigenvalue weighted by Gasteiger charge is 2.20. The van der Waals surface area contributed by atoms with Crippen molar-refractivity contribution in [3.05, 3.63) is 35.4 Å². The Morgan fingerprint density at radius 3 is 2.69 bits per heavy atom. The van der Waals surface area contributed by atoms with Crippen LogP contribution in [0.2, 0.25) is 0 Å². The summed E-state index contributed by atoms with van der Waals surface area (Å²) in [5, 5.41) is 0. The van der Waals surface area contributed by atoms with Gasteiger partial charge < -0.3 is 9.64 Å². The van der Waals surface area contributed by atoms with Gasteiger partial charge in [-0.1, -0.05) is 18.2 Å². The van der Waals surface area contributed by atoms with Gasteiger partial charge in [0.15, 0.2) is 0 Å². The molecule has 0 unspecified atom stereocenters. The van der Waals surface area contributed by atoms with Gasteiger partial charge in [-0.05, 0) is 11.6 Å². The predicted octanol–water partition coefficient (Wildman–Crippen LogP) is 1.90. The summed E-state index contributed by atoms with van der Waals surface area (Å²) < 4.78 is 5.22. The van der Waals surface area contributed by atoms with Crippen molar-refractivity contribution >= 4 is 17.5 Å². The van der Waals surface area contributed by atoms with Crippen LogP contribution >= 0.6 is 11.6 Å². The molecular formula is C12H14ClNO2. The largest absolute Gasteiger partial charge is 0.378 e. The lowest BCUT2D eigenvalue weighted by Crippen LogP contribution is -2.41. The second kappa shape index (κ2) is 5.32. The van der Waals surface area contributed by atoms with E-state index in [1.807, 2.05) is 29.2 Å². The molecule has 1 aliphatic rings. The second-order valence-corrected chi connectivity index (χ2v) is 3.96. The maximum Gasteiger partial charge on any atom is 0.254 e. The highest BCUT2D eigenvalue weighted by molar-refractivity contribution is 6.17. The van der Waals surface area contributed by atoms with Crippen molar-refractivity contribution in [2.24, 2.45) is 0 Å². The number of nitrogens with zero attached hydrogens (tertiary/aromatic N) is 1. The molecule has 16 heavy (non-hydrogen) atoms. The van der Waals surface area contributed by atoms with Crippen molar-refractivity contribution in [1.82, 2.24) is 4.90 Å². The molecule has 0 saturated carbocycles. The van der Waals surface area contributed by atoms with E-state index in [1.54, 1.807) is 0 Å². The SMILES string of the molecule is O=C(c1ccccc1CCl)N1CCOCC1. The molecule has 0 N–H and O–H groups in total. The van der Waals surface area contributed by atoms with Crippen LogP contribution < -0.4 is 0 Å². The van der Waals surface area contributed by atoms with E-state index in [9.17, 15) is 4.79 Å². The Kier molecular flexibility index (Phi) is 3.80. The van der Waals surface area contributed by atoms with Crippen LogP contribution in [0, 0.1) is 0 Å². The first-order valence-electron chi connectivity index (χ1n) is 5.34. The topological polar surface area (TPSA) is 29.5 Å². The normalized spacial score (nSPS) is 16.2. The molecule has 4 heteroatoms. The Morgan fingerprint density at radius 1 is 1.31 bits per heavy atom. The summed E-state index contributed by atoms with van der Waals surface area (Å²) in [6.07, 6.45) is 0. The molecule has 1 amide bonds. The van der Waals surface area contributed by atoms with Gasteiger partial charge in [-0.2, -0.15) is 0 Å². The van der Waals surface area contributed by atoms with Gasteiger partial charge in [-0.3, -0.25) is 4.79 Å². The number of hydrogen-bond acceptors (Lipinski definition) is 2. The average molecular weight is 240 g/mol. The van der Waals surface area contributed by atoms with Crippen LogP contribution in [0.15, 0.2) is 24.3 Å². The molecule has 1 aromatic rings. The van der Waals surface area contributed by atoms with E-state index >= 15 is 0 Å². The Balaban J connectivity index is 2.19. The second-order valence-electron chi connectivity index (χ2n) is 3.70. The number of rotatable bonds is 2. The Bertz CT molecular complexity index is 375. The molecule has 0 aliphatic carbocycles. The van der Waals surface area contributed by atoms with E-state index in [0.717, 1.165) is 5.56 Å². The molecule has 3 nitrogen and oxygen atoms in total. The van der Waals surface area contributed by atoms with E-state index in [1.165, 1.54) is 0 Å². The summed E-state index contributed by atoms with van der Waals surface area (Å²) in [5.74, 6) is 0.422. The minimum atomic E-state index is 0.0551. The summed E-state index contributed by atoms with van der Waals surface area (Å²) in [6.45, 7) is 2.56. The molecule has 0 bridgehead atoms. The van der Waals surface area contributed by atoms with Crippen LogP contribution in [0.3, 0.4) is 0 Å². The zero-order valence-corrected chi connectivity index (χ0v) is 9.74. The minimum Gasteiger partial charge on any atom is -0.378 e. The number of ether oxygens (including phenoxy) is 1. The number of alkyl halides is 1. The van der Waals surface area contributed by atoms with Crippen LogP contribution in [-0.2, 0) is 10.6 Å². The van der Waals surface area contributed by atoms with Crippen LogP contribution in [0.25, 0.3) is 0 Å². The van der Waals surface area contributed by atoms with Crippen molar-refractivity contribution < 1.29 is 9.53 Å². The Morgan fingerprint density at radius 2 is 2.00 bits per heavy atom. The maximum absolute atomic E-state index is 12.2. The number of benzene rings is 1. The van der Waals surface area contributed by atoms with Gasteiger partial charge in [-0.15, -0.1) is 11.6 Å². The number of carbonyl (C=O) groups excluding carboxylic acids is 1. The molecule has 1 aromatic carbocycles. The van der Waals surface area contributed by atoms with Crippen LogP contribution in [0.1, 0.15) is 15.9 Å². The number of carbonyl (C=O) groups is 1. The van der Waals surface area contributed by atoms with Gasteiger partial charge in [0.2, 0.25) is 0 Å². The molecule has 0 atom stereocenters. The molecule has 1 fully saturated rings. The van der Waals surface area contributed by atoms with Gasteiger partial charge in [0.05, 0.1) is 13.2 Å². The highest BCUT2D eigenvalue weighted by Crippen LogP contribution is 2.14. The zero-order chi connectivity index (χ0) is 11.4. The van der Waals surface area contributed by atoms with Crippen molar-refractivity contribution in [3.63, 3.8) is 0 Å². The van der Waals surface area contributed by atoms with Gasteiger partial charge in [-0.25, -0.2) is 0 Å². The molecule has 1 aliphatic heterocycles. The smallest absolute Gasteiger partial charge is 0.254 e. The Labute approximate surface area is 100.0 Å². The lowest BCUT2D eigenvalue weighted by atomic mass is 10.1. The van der Waals surface area contributed by atoms with Crippen molar-refractivity contribution in [2.75, 3.05) is 26.3 Å². The lowest BCUT2D eigenvalue weighted by Gasteiger charge is -2.27. The van der Waals surface area contributed by atoms with Crippen LogP contribution in [0.5, 0.6) is 0 Å². The zero-order valence-electron chi connectivity index (χ0n) is 8.99. The van der Waals surface area contributed by atoms with Gasteiger partial charge in [0.25, 0.3) is 5.91 Å². The molecular weight excluding hydrogens is 226 g/mol. The third kappa shape index (κ3) is 2.36. The summed E-state index contributed by atoms with van der Waals surface area (Å²) in [4.78, 5) is 14.0. The van der Waals surface area contributed by atoms with Crippen LogP contribution in [-0.4, -0.2) is 37.1 Å². The summed E-state index contributed by atoms with van der Waals surface area (Å²) >= 11 is 5.82. The average Bonchev–Trinajstić information content (AvgIpc) is 2.39. The van der Waals surface area contributed by atoms with Crippen LogP contribution in [0.4, 0.5) is 0 Å². The quantitative estimate of drug-likeness (QED) is 0.738. The third-order valence-electron chi connectivity index (χ3n) is 2.69. The van der Waals surface area contributed by atoms with E-state index in [4.69, 9.17) is 16.3 Å². The fourth-order valence-electron chi connectivity index (χ4n) is 1.78. The highest BCUT2D eigenvalue weighted by atomic mass is 35.5. The summed E-state index contributed by atoms with van der Waals surface area (Å²) in [5.41, 5.74) is 1.60. The van der Waals surface area contributed by atoms with Crippen molar-refractivity contribution in [2.45, 2.75) is 5.88 Å². The van der Waals surface area contributed by atoms with E-state index < -0.39 is 0 Å². The summed E-state index contributed by atoms with van der Waals surface area (Å²) in [7, 11) is 0. The molecule has 1 heterocycles. The van der Waals surface area contributed by atoms with Gasteiger partial charge >= 0.3 is 0 Å². The third-order valence-corrected chi connectivity index (χ3v) is 2.98. The summed E-state index contributed by atoms with van der Waals surface area (Å²) in [6, 6.07) is 7.48. The van der Waals surface area contributed by atoms with Gasteiger partial charge in [0, 0.05) is 24.5 Å². The predicted molar refractivity (Wildman–Crippen MR) is 62.7 cm³/mol. The molecule has 2 rings (SSSR count). The lowest BCUT2D eigenvalue weighted by molar-refractivity contribution is 0.0302. The molecule has 0 aromatic heterocycles. The standard InChI is InChI=1S/C12H14ClNO2/c13-9-10-3-1-2-4-11(10)12(15)14-5-7-16-8-6-14/h1-4H,5-9H2.